The predicted octanol–water partition coefficient (Wildman–Crippen LogP) is 3.02. The van der Waals surface area contributed by atoms with Crippen LogP contribution in [0.25, 0.3) is 0 Å². The lowest BCUT2D eigenvalue weighted by Crippen LogP contribution is -2.27. The van der Waals surface area contributed by atoms with Gasteiger partial charge < -0.3 is 10.1 Å². The molecule has 1 aromatic rings. The fourth-order valence-corrected chi connectivity index (χ4v) is 3.03. The van der Waals surface area contributed by atoms with E-state index in [0.717, 1.165) is 17.0 Å². The average Bonchev–Trinajstić information content (AvgIpc) is 2.31. The van der Waals surface area contributed by atoms with Gasteiger partial charge in [0.05, 0.1) is 11.9 Å². The van der Waals surface area contributed by atoms with E-state index < -0.39 is 9.84 Å². The molecule has 5 heteroatoms. The largest absolute Gasteiger partial charge is 0.491 e. The van der Waals surface area contributed by atoms with E-state index in [1.165, 1.54) is 0 Å². The molecule has 4 nitrogen and oxygen atoms in total. The Morgan fingerprint density at radius 1 is 1.25 bits per heavy atom. The van der Waals surface area contributed by atoms with Gasteiger partial charge in [-0.15, -0.1) is 0 Å². The van der Waals surface area contributed by atoms with Crippen LogP contribution in [0.15, 0.2) is 18.2 Å². The lowest BCUT2D eigenvalue weighted by molar-refractivity contribution is 0.242. The van der Waals surface area contributed by atoms with Crippen LogP contribution in [0.3, 0.4) is 0 Å². The number of aryl methyl sites for hydroxylation is 1. The molecular weight excluding hydrogens is 274 g/mol. The first kappa shape index (κ1) is 16.8. The molecule has 0 fully saturated rings. The summed E-state index contributed by atoms with van der Waals surface area (Å²) in [5, 5.41) is 3.25. The fraction of sp³-hybridized carbons (Fsp3) is 0.600. The van der Waals surface area contributed by atoms with E-state index in [2.05, 4.69) is 5.32 Å². The van der Waals surface area contributed by atoms with Crippen molar-refractivity contribution in [2.24, 2.45) is 0 Å². The molecule has 1 N–H and O–H groups in total. The van der Waals surface area contributed by atoms with Crippen LogP contribution in [0.5, 0.6) is 5.75 Å². The van der Waals surface area contributed by atoms with Crippen LogP contribution >= 0.6 is 0 Å². The zero-order valence-corrected chi connectivity index (χ0v) is 13.8. The Balaban J connectivity index is 2.73. The third kappa shape index (κ3) is 5.41. The number of ether oxygens (including phenoxy) is 1. The molecule has 0 amide bonds. The van der Waals surface area contributed by atoms with Gasteiger partial charge in [-0.1, -0.05) is 6.92 Å². The Bertz CT molecular complexity index is 538. The summed E-state index contributed by atoms with van der Waals surface area (Å²) in [6.45, 7) is 9.51. The highest BCUT2D eigenvalue weighted by molar-refractivity contribution is 7.91. The summed E-state index contributed by atoms with van der Waals surface area (Å²) in [5.74, 6) is 1.16. The number of hydrogen-bond donors (Lipinski definition) is 1. The van der Waals surface area contributed by atoms with Crippen LogP contribution in [0.4, 0.5) is 5.69 Å². The van der Waals surface area contributed by atoms with Crippen LogP contribution in [-0.4, -0.2) is 32.1 Å². The first-order valence-electron chi connectivity index (χ1n) is 6.97. The van der Waals surface area contributed by atoms with Crippen LogP contribution in [0.2, 0.25) is 0 Å². The van der Waals surface area contributed by atoms with E-state index >= 15 is 0 Å². The van der Waals surface area contributed by atoms with E-state index in [1.54, 1.807) is 6.92 Å². The Hall–Kier alpha value is -1.23. The van der Waals surface area contributed by atoms with Crippen LogP contribution in [0, 0.1) is 6.92 Å². The van der Waals surface area contributed by atoms with Crippen LogP contribution in [0.1, 0.15) is 33.3 Å². The van der Waals surface area contributed by atoms with Gasteiger partial charge in [0, 0.05) is 17.5 Å². The van der Waals surface area contributed by atoms with Crippen molar-refractivity contribution in [1.82, 2.24) is 0 Å². The zero-order valence-electron chi connectivity index (χ0n) is 12.9. The van der Waals surface area contributed by atoms with Crippen molar-refractivity contribution in [3.05, 3.63) is 23.8 Å². The summed E-state index contributed by atoms with van der Waals surface area (Å²) in [6, 6.07) is 5.68. The number of nitrogens with one attached hydrogen (secondary N) is 1. The minimum atomic E-state index is -2.96. The molecule has 20 heavy (non-hydrogen) atoms. The van der Waals surface area contributed by atoms with Crippen molar-refractivity contribution in [3.8, 4) is 5.75 Å². The van der Waals surface area contributed by atoms with Crippen molar-refractivity contribution >= 4 is 15.5 Å². The molecular formula is C15H25NO3S. The highest BCUT2D eigenvalue weighted by Crippen LogP contribution is 2.23. The second kappa shape index (κ2) is 6.97. The Kier molecular flexibility index (Phi) is 5.87. The van der Waals surface area contributed by atoms with Crippen LogP contribution < -0.4 is 10.1 Å². The smallest absolute Gasteiger partial charge is 0.152 e. The third-order valence-electron chi connectivity index (χ3n) is 2.92. The van der Waals surface area contributed by atoms with E-state index in [-0.39, 0.29) is 23.7 Å². The minimum Gasteiger partial charge on any atom is -0.491 e. The van der Waals surface area contributed by atoms with Gasteiger partial charge in [0.15, 0.2) is 9.84 Å². The van der Waals surface area contributed by atoms with Gasteiger partial charge in [-0.3, -0.25) is 0 Å². The summed E-state index contributed by atoms with van der Waals surface area (Å²) in [7, 11) is -2.96. The van der Waals surface area contributed by atoms with E-state index in [0.29, 0.717) is 0 Å². The van der Waals surface area contributed by atoms with E-state index in [9.17, 15) is 8.42 Å². The number of sulfone groups is 1. The molecule has 0 radical (unpaired) electrons. The van der Waals surface area contributed by atoms with Crippen molar-refractivity contribution < 1.29 is 13.2 Å². The lowest BCUT2D eigenvalue weighted by atomic mass is 10.1. The fourth-order valence-electron chi connectivity index (χ4n) is 1.95. The summed E-state index contributed by atoms with van der Waals surface area (Å²) >= 11 is 0. The maximum absolute atomic E-state index is 11.6. The quantitative estimate of drug-likeness (QED) is 0.841. The highest BCUT2D eigenvalue weighted by Gasteiger charge is 2.14. The average molecular weight is 299 g/mol. The molecule has 1 atom stereocenters. The molecule has 0 saturated heterocycles. The Morgan fingerprint density at radius 3 is 2.40 bits per heavy atom. The first-order valence-corrected chi connectivity index (χ1v) is 8.80. The molecule has 0 aliphatic rings. The SMILES string of the molecule is CCS(=O)(=O)CC(C)Nc1ccc(OC(C)C)cc1C. The number of rotatable bonds is 7. The molecule has 0 spiro atoms. The molecule has 1 aromatic carbocycles. The maximum Gasteiger partial charge on any atom is 0.152 e. The molecule has 0 aromatic heterocycles. The van der Waals surface area contributed by atoms with Crippen molar-refractivity contribution in [2.75, 3.05) is 16.8 Å². The summed E-state index contributed by atoms with van der Waals surface area (Å²) in [6.07, 6.45) is 0.141. The zero-order chi connectivity index (χ0) is 15.3. The summed E-state index contributed by atoms with van der Waals surface area (Å²) in [4.78, 5) is 0. The second-order valence-corrected chi connectivity index (χ2v) is 7.79. The number of anilines is 1. The minimum absolute atomic E-state index is 0.115. The van der Waals surface area contributed by atoms with Gasteiger partial charge in [-0.05, 0) is 51.5 Å². The van der Waals surface area contributed by atoms with Gasteiger partial charge >= 0.3 is 0 Å². The monoisotopic (exact) mass is 299 g/mol. The molecule has 0 aliphatic carbocycles. The van der Waals surface area contributed by atoms with E-state index in [4.69, 9.17) is 4.74 Å². The van der Waals surface area contributed by atoms with Gasteiger partial charge in [-0.2, -0.15) is 0 Å². The Labute approximate surface area is 122 Å². The maximum atomic E-state index is 11.6. The molecule has 1 rings (SSSR count). The molecule has 114 valence electrons. The van der Waals surface area contributed by atoms with Gasteiger partial charge in [0.1, 0.15) is 5.75 Å². The van der Waals surface area contributed by atoms with Crippen molar-refractivity contribution in [2.45, 2.75) is 46.8 Å². The van der Waals surface area contributed by atoms with Crippen LogP contribution in [-0.2, 0) is 9.84 Å². The summed E-state index contributed by atoms with van der Waals surface area (Å²) in [5.41, 5.74) is 1.99. The normalized spacial score (nSPS) is 13.3. The molecule has 0 heterocycles. The van der Waals surface area contributed by atoms with Gasteiger partial charge in [0.25, 0.3) is 0 Å². The van der Waals surface area contributed by atoms with Gasteiger partial charge in [0.2, 0.25) is 0 Å². The highest BCUT2D eigenvalue weighted by atomic mass is 32.2. The van der Waals surface area contributed by atoms with Gasteiger partial charge in [-0.25, -0.2) is 8.42 Å². The first-order chi connectivity index (χ1) is 9.23. The second-order valence-electron chi connectivity index (χ2n) is 5.39. The summed E-state index contributed by atoms with van der Waals surface area (Å²) < 4.78 is 28.8. The topological polar surface area (TPSA) is 55.4 Å². The third-order valence-corrected chi connectivity index (χ3v) is 4.80. The van der Waals surface area contributed by atoms with Crippen molar-refractivity contribution in [1.29, 1.82) is 0 Å². The predicted molar refractivity (Wildman–Crippen MR) is 84.4 cm³/mol. The standard InChI is InChI=1S/C15H25NO3S/c1-6-20(17,18)10-13(5)16-15-8-7-14(9-12(15)4)19-11(2)3/h7-9,11,13,16H,6,10H2,1-5H3. The lowest BCUT2D eigenvalue weighted by Gasteiger charge is -2.18. The Morgan fingerprint density at radius 2 is 1.90 bits per heavy atom. The number of hydrogen-bond acceptors (Lipinski definition) is 4. The van der Waals surface area contributed by atoms with Crippen molar-refractivity contribution in [3.63, 3.8) is 0 Å². The molecule has 0 aliphatic heterocycles. The molecule has 0 bridgehead atoms. The molecule has 1 unspecified atom stereocenters. The number of benzene rings is 1. The molecule has 0 saturated carbocycles. The van der Waals surface area contributed by atoms with E-state index in [1.807, 2.05) is 45.9 Å².